The van der Waals surface area contributed by atoms with E-state index in [4.69, 9.17) is 5.26 Å². The van der Waals surface area contributed by atoms with E-state index in [9.17, 15) is 18.4 Å². The van der Waals surface area contributed by atoms with Crippen LogP contribution in [0.25, 0.3) is 4.91 Å². The van der Waals surface area contributed by atoms with Crippen LogP contribution in [0.5, 0.6) is 0 Å². The lowest BCUT2D eigenvalue weighted by atomic mass is 9.82. The van der Waals surface area contributed by atoms with Gasteiger partial charge in [-0.2, -0.15) is 5.26 Å². The van der Waals surface area contributed by atoms with Crippen molar-refractivity contribution in [2.45, 2.75) is 37.0 Å². The highest BCUT2D eigenvalue weighted by Crippen LogP contribution is 2.37. The molecule has 1 aliphatic carbocycles. The zero-order valence-corrected chi connectivity index (χ0v) is 20.9. The number of carbonyl (C=O) groups excluding carboxylic acids is 2. The molecule has 3 rings (SSSR count). The summed E-state index contributed by atoms with van der Waals surface area (Å²) in [4.78, 5) is 29.8. The number of carbonyl (C=O) groups is 2. The first-order valence-electron chi connectivity index (χ1n) is 11.4. The van der Waals surface area contributed by atoms with Gasteiger partial charge in [-0.25, -0.2) is 4.21 Å². The first-order valence-corrected chi connectivity index (χ1v) is 13.5. The maximum atomic E-state index is 12.6. The molecule has 2 amide bonds. The zero-order valence-electron chi connectivity index (χ0n) is 19.2. The molecule has 10 heteroatoms. The highest BCUT2D eigenvalue weighted by Gasteiger charge is 2.30. The maximum absolute atomic E-state index is 12.6. The molecule has 1 aliphatic rings. The summed E-state index contributed by atoms with van der Waals surface area (Å²) in [5.41, 5.74) is 2.34. The number of aromatic nitrogens is 1. The van der Waals surface area contributed by atoms with Crippen molar-refractivity contribution in [3.63, 3.8) is 0 Å². The molecule has 35 heavy (non-hydrogen) atoms. The largest absolute Gasteiger partial charge is 0.355 e. The van der Waals surface area contributed by atoms with Crippen LogP contribution in [0.2, 0.25) is 0 Å². The van der Waals surface area contributed by atoms with Crippen molar-refractivity contribution in [3.05, 3.63) is 65.5 Å². The van der Waals surface area contributed by atoms with Crippen LogP contribution in [0.4, 0.5) is 0 Å². The van der Waals surface area contributed by atoms with E-state index >= 15 is 0 Å². The fraction of sp³-hybridized carbons (Fsp3) is 0.360. The highest BCUT2D eigenvalue weighted by atomic mass is 32.2. The van der Waals surface area contributed by atoms with Gasteiger partial charge in [0.25, 0.3) is 0 Å². The van der Waals surface area contributed by atoms with Crippen LogP contribution in [0.15, 0.2) is 59.3 Å². The molecule has 1 fully saturated rings. The van der Waals surface area contributed by atoms with Crippen LogP contribution < -0.4 is 10.6 Å². The van der Waals surface area contributed by atoms with Gasteiger partial charge in [-0.05, 0) is 66.6 Å². The number of nitrogens with zero attached hydrogens (tertiary/aromatic N) is 2. The minimum atomic E-state index is -2.27. The molecule has 0 bridgehead atoms. The van der Waals surface area contributed by atoms with E-state index in [1.165, 1.54) is 11.8 Å². The van der Waals surface area contributed by atoms with Crippen molar-refractivity contribution in [3.8, 4) is 6.07 Å². The predicted molar refractivity (Wildman–Crippen MR) is 136 cm³/mol. The van der Waals surface area contributed by atoms with Gasteiger partial charge in [-0.1, -0.05) is 18.6 Å². The molecule has 0 aliphatic heterocycles. The molecule has 8 nitrogen and oxygen atoms in total. The standard InChI is InChI=1S/C25H28N4O4S2/c26-12-16-29-25(31)22-4-2-1-3-21(22)24(35(32)33)19-5-7-20(8-6-19)34-17-23(30)28-15-11-18-9-13-27-14-10-18/h5-10,13-14,22H,1-4,11,15-17H2,(H,28,30)(H,29,31)(H,32,33). The summed E-state index contributed by atoms with van der Waals surface area (Å²) in [6, 6.07) is 12.8. The topological polar surface area (TPSA) is 132 Å². The van der Waals surface area contributed by atoms with Crippen molar-refractivity contribution in [1.29, 1.82) is 5.26 Å². The molecule has 3 N–H and O–H groups in total. The minimum Gasteiger partial charge on any atom is -0.355 e. The molecule has 184 valence electrons. The molecule has 1 aromatic heterocycles. The number of thioether (sulfide) groups is 1. The van der Waals surface area contributed by atoms with E-state index in [1.807, 2.05) is 30.3 Å². The summed E-state index contributed by atoms with van der Waals surface area (Å²) >= 11 is -0.890. The van der Waals surface area contributed by atoms with Crippen molar-refractivity contribution < 1.29 is 18.4 Å². The SMILES string of the molecule is N#CCNC(=O)C1CCCCC1=C(c1ccc(SCC(=O)NCCc2ccncc2)cc1)S(=O)O. The predicted octanol–water partition coefficient (Wildman–Crippen LogP) is 3.30. The Morgan fingerprint density at radius 3 is 2.57 bits per heavy atom. The van der Waals surface area contributed by atoms with Crippen molar-refractivity contribution >= 4 is 39.6 Å². The van der Waals surface area contributed by atoms with Gasteiger partial charge in [0, 0.05) is 23.8 Å². The van der Waals surface area contributed by atoms with E-state index in [-0.39, 0.29) is 29.0 Å². The Balaban J connectivity index is 1.62. The van der Waals surface area contributed by atoms with Gasteiger partial charge in [0.1, 0.15) is 6.54 Å². The number of hydrogen-bond donors (Lipinski definition) is 3. The van der Waals surface area contributed by atoms with Crippen LogP contribution in [0.3, 0.4) is 0 Å². The zero-order chi connectivity index (χ0) is 25.0. The monoisotopic (exact) mass is 512 g/mol. The van der Waals surface area contributed by atoms with Crippen molar-refractivity contribution in [1.82, 2.24) is 15.6 Å². The molecule has 2 aromatic rings. The summed E-state index contributed by atoms with van der Waals surface area (Å²) in [5, 5.41) is 14.2. The second-order valence-corrected chi connectivity index (χ2v) is 10.0. The maximum Gasteiger partial charge on any atom is 0.230 e. The van der Waals surface area contributed by atoms with Crippen LogP contribution >= 0.6 is 11.8 Å². The molecule has 0 radical (unpaired) electrons. The van der Waals surface area contributed by atoms with E-state index in [0.717, 1.165) is 29.7 Å². The van der Waals surface area contributed by atoms with Crippen LogP contribution in [-0.4, -0.2) is 44.4 Å². The molecule has 0 spiro atoms. The molecule has 0 saturated heterocycles. The minimum absolute atomic E-state index is 0.0687. The second-order valence-electron chi connectivity index (χ2n) is 8.05. The van der Waals surface area contributed by atoms with Gasteiger partial charge in [0.05, 0.1) is 22.6 Å². The molecular formula is C25H28N4O4S2. The third-order valence-electron chi connectivity index (χ3n) is 5.71. The second kappa shape index (κ2) is 13.8. The molecule has 2 atom stereocenters. The Kier molecular flexibility index (Phi) is 10.5. The molecule has 1 saturated carbocycles. The van der Waals surface area contributed by atoms with Crippen molar-refractivity contribution in [2.75, 3.05) is 18.8 Å². The third-order valence-corrected chi connectivity index (χ3v) is 7.56. The van der Waals surface area contributed by atoms with Gasteiger partial charge < -0.3 is 15.2 Å². The summed E-state index contributed by atoms with van der Waals surface area (Å²) in [7, 11) is 0. The molecule has 1 aromatic carbocycles. The normalized spacial score (nSPS) is 17.7. The molecule has 2 unspecified atom stereocenters. The van der Waals surface area contributed by atoms with Crippen LogP contribution in [0, 0.1) is 17.2 Å². The number of nitriles is 1. The fourth-order valence-corrected chi connectivity index (χ4v) is 5.55. The third kappa shape index (κ3) is 8.02. The van der Waals surface area contributed by atoms with Gasteiger partial charge in [-0.3, -0.25) is 14.6 Å². The summed E-state index contributed by atoms with van der Waals surface area (Å²) < 4.78 is 22.4. The fourth-order valence-electron chi connectivity index (χ4n) is 4.02. The van der Waals surface area contributed by atoms with E-state index in [1.54, 1.807) is 24.5 Å². The quantitative estimate of drug-likeness (QED) is 0.253. The highest BCUT2D eigenvalue weighted by molar-refractivity contribution is 8.00. The van der Waals surface area contributed by atoms with Gasteiger partial charge >= 0.3 is 0 Å². The van der Waals surface area contributed by atoms with Gasteiger partial charge in [-0.15, -0.1) is 11.8 Å². The Labute approximate surface area is 211 Å². The van der Waals surface area contributed by atoms with Gasteiger partial charge in [0.2, 0.25) is 11.8 Å². The number of benzene rings is 1. The smallest absolute Gasteiger partial charge is 0.230 e. The lowest BCUT2D eigenvalue weighted by Gasteiger charge is -2.26. The Morgan fingerprint density at radius 2 is 1.89 bits per heavy atom. The number of pyridine rings is 1. The molecular weight excluding hydrogens is 484 g/mol. The first-order chi connectivity index (χ1) is 17.0. The summed E-state index contributed by atoms with van der Waals surface area (Å²) in [6.07, 6.45) is 7.01. The average Bonchev–Trinajstić information content (AvgIpc) is 2.87. The lowest BCUT2D eigenvalue weighted by molar-refractivity contribution is -0.124. The number of rotatable bonds is 10. The summed E-state index contributed by atoms with van der Waals surface area (Å²) in [6.45, 7) is 0.452. The van der Waals surface area contributed by atoms with E-state index < -0.39 is 17.0 Å². The van der Waals surface area contributed by atoms with Gasteiger partial charge in [0.15, 0.2) is 11.1 Å². The number of nitrogens with one attached hydrogen (secondary N) is 2. The lowest BCUT2D eigenvalue weighted by Crippen LogP contribution is -2.34. The Bertz CT molecular complexity index is 1110. The Hall–Kier alpha value is -3.00. The number of hydrogen-bond acceptors (Lipinski definition) is 6. The summed E-state index contributed by atoms with van der Waals surface area (Å²) in [5.74, 6) is -0.614. The van der Waals surface area contributed by atoms with E-state index in [0.29, 0.717) is 30.5 Å². The van der Waals surface area contributed by atoms with Crippen molar-refractivity contribution in [2.24, 2.45) is 5.92 Å². The Morgan fingerprint density at radius 1 is 1.14 bits per heavy atom. The average molecular weight is 513 g/mol. The van der Waals surface area contributed by atoms with Crippen LogP contribution in [-0.2, 0) is 27.1 Å². The first kappa shape index (κ1) is 26.6. The molecule has 1 heterocycles. The number of amides is 2. The van der Waals surface area contributed by atoms with Crippen LogP contribution in [0.1, 0.15) is 36.8 Å². The van der Waals surface area contributed by atoms with E-state index in [2.05, 4.69) is 15.6 Å².